The van der Waals surface area contributed by atoms with Gasteiger partial charge < -0.3 is 5.32 Å². The van der Waals surface area contributed by atoms with Crippen molar-refractivity contribution in [1.29, 1.82) is 0 Å². The van der Waals surface area contributed by atoms with Crippen LogP contribution in [0.5, 0.6) is 0 Å². The van der Waals surface area contributed by atoms with Crippen LogP contribution in [0, 0.1) is 4.77 Å². The molecule has 0 radical (unpaired) electrons. The van der Waals surface area contributed by atoms with Crippen LogP contribution in [-0.2, 0) is 10.0 Å². The number of anilines is 2. The average molecular weight is 548 g/mol. The molecule has 4 aromatic rings. The lowest BCUT2D eigenvalue weighted by molar-refractivity contribution is 0.445. The third-order valence-electron chi connectivity index (χ3n) is 5.01. The van der Waals surface area contributed by atoms with Crippen LogP contribution >= 0.6 is 35.2 Å². The van der Waals surface area contributed by atoms with Gasteiger partial charge in [0.05, 0.1) is 16.0 Å². The zero-order valence-electron chi connectivity index (χ0n) is 18.8. The molecular weight excluding hydrogens is 526 g/mol. The normalized spacial score (nSPS) is 12.0. The molecule has 0 saturated carbocycles. The van der Waals surface area contributed by atoms with Crippen LogP contribution in [0.15, 0.2) is 64.6 Å². The highest BCUT2D eigenvalue weighted by Gasteiger charge is 2.22. The van der Waals surface area contributed by atoms with Gasteiger partial charge in [0, 0.05) is 24.3 Å². The number of hydrogen-bond donors (Lipinski definition) is 2. The predicted molar refractivity (Wildman–Crippen MR) is 143 cm³/mol. The first-order chi connectivity index (χ1) is 16.8. The van der Waals surface area contributed by atoms with Crippen molar-refractivity contribution < 1.29 is 8.42 Å². The van der Waals surface area contributed by atoms with Crippen molar-refractivity contribution in [1.82, 2.24) is 24.2 Å². The van der Waals surface area contributed by atoms with Gasteiger partial charge in [0.2, 0.25) is 14.8 Å². The van der Waals surface area contributed by atoms with E-state index in [0.29, 0.717) is 39.6 Å². The Bertz CT molecular complexity index is 1510. The molecule has 0 unspecified atom stereocenters. The number of nitrogens with zero attached hydrogens (tertiary/aromatic N) is 5. The van der Waals surface area contributed by atoms with Gasteiger partial charge >= 0.3 is 0 Å². The number of nitrogens with one attached hydrogen (secondary N) is 2. The summed E-state index contributed by atoms with van der Waals surface area (Å²) in [5, 5.41) is 15.5. The molecule has 0 saturated heterocycles. The van der Waals surface area contributed by atoms with Crippen molar-refractivity contribution in [3.8, 4) is 11.4 Å². The second-order valence-corrected chi connectivity index (χ2v) is 10.9. The lowest BCUT2D eigenvalue weighted by Crippen LogP contribution is -2.30. The van der Waals surface area contributed by atoms with Gasteiger partial charge in [0.15, 0.2) is 16.1 Å². The Morgan fingerprint density at radius 2 is 1.94 bits per heavy atom. The summed E-state index contributed by atoms with van der Waals surface area (Å²) in [7, 11) is -3.63. The Morgan fingerprint density at radius 3 is 2.66 bits per heavy atom. The van der Waals surface area contributed by atoms with E-state index in [-0.39, 0.29) is 9.67 Å². The molecule has 9 nitrogen and oxygen atoms in total. The van der Waals surface area contributed by atoms with E-state index < -0.39 is 10.0 Å². The first-order valence-corrected chi connectivity index (χ1v) is 13.7. The molecule has 35 heavy (non-hydrogen) atoms. The first kappa shape index (κ1) is 25.2. The number of aromatic nitrogens is 4. The van der Waals surface area contributed by atoms with E-state index in [9.17, 15) is 8.42 Å². The van der Waals surface area contributed by atoms with Crippen LogP contribution in [-0.4, -0.2) is 51.9 Å². The minimum Gasteiger partial charge on any atom is -0.331 e. The molecule has 4 rings (SSSR count). The molecule has 2 aromatic heterocycles. The lowest BCUT2D eigenvalue weighted by Gasteiger charge is -2.18. The molecule has 2 aromatic carbocycles. The molecule has 0 aliphatic heterocycles. The maximum absolute atomic E-state index is 13.0. The highest BCUT2D eigenvalue weighted by molar-refractivity contribution is 7.89. The maximum atomic E-state index is 13.0. The summed E-state index contributed by atoms with van der Waals surface area (Å²) in [6.45, 7) is 4.36. The first-order valence-electron chi connectivity index (χ1n) is 10.6. The molecule has 0 spiro atoms. The third kappa shape index (κ3) is 5.52. The van der Waals surface area contributed by atoms with Gasteiger partial charge in [-0.2, -0.15) is 19.2 Å². The van der Waals surface area contributed by atoms with Crippen LogP contribution < -0.4 is 5.32 Å². The SMILES string of the molecule is CCN(CC)S(=O)(=O)c1cccc(-c2n[nH]c(=S)n2N=Cc2sc(Nc3ccccc3)nc2Cl)c1. The number of halogens is 1. The smallest absolute Gasteiger partial charge is 0.243 e. The monoisotopic (exact) mass is 547 g/mol. The van der Waals surface area contributed by atoms with E-state index in [1.54, 1.807) is 44.3 Å². The van der Waals surface area contributed by atoms with Gasteiger partial charge in [0.1, 0.15) is 0 Å². The zero-order valence-corrected chi connectivity index (χ0v) is 22.0. The van der Waals surface area contributed by atoms with E-state index in [1.807, 2.05) is 30.3 Å². The Hall–Kier alpha value is -2.90. The number of H-pyrrole nitrogens is 1. The van der Waals surface area contributed by atoms with Crippen molar-refractivity contribution in [3.63, 3.8) is 0 Å². The maximum Gasteiger partial charge on any atom is 0.243 e. The van der Waals surface area contributed by atoms with E-state index >= 15 is 0 Å². The van der Waals surface area contributed by atoms with E-state index in [4.69, 9.17) is 23.8 Å². The average Bonchev–Trinajstić information content (AvgIpc) is 3.40. The molecule has 182 valence electrons. The Labute approximate surface area is 217 Å². The lowest BCUT2D eigenvalue weighted by atomic mass is 10.2. The van der Waals surface area contributed by atoms with Crippen LogP contribution in [0.25, 0.3) is 11.4 Å². The molecule has 0 fully saturated rings. The summed E-state index contributed by atoms with van der Waals surface area (Å²) in [6.07, 6.45) is 1.54. The van der Waals surface area contributed by atoms with Gasteiger partial charge in [0.25, 0.3) is 0 Å². The molecule has 0 bridgehead atoms. The van der Waals surface area contributed by atoms with Gasteiger partial charge in [-0.15, -0.1) is 0 Å². The number of para-hydroxylation sites is 1. The number of rotatable bonds is 9. The van der Waals surface area contributed by atoms with Crippen LogP contribution in [0.3, 0.4) is 0 Å². The summed E-state index contributed by atoms with van der Waals surface area (Å²) in [5.74, 6) is 0.367. The van der Waals surface area contributed by atoms with E-state index in [0.717, 1.165) is 5.69 Å². The molecule has 0 aliphatic carbocycles. The summed E-state index contributed by atoms with van der Waals surface area (Å²) in [4.78, 5) is 5.13. The van der Waals surface area contributed by atoms with Crippen molar-refractivity contribution in [2.45, 2.75) is 18.7 Å². The van der Waals surface area contributed by atoms with Crippen molar-refractivity contribution in [3.05, 3.63) is 69.4 Å². The van der Waals surface area contributed by atoms with E-state index in [1.165, 1.54) is 20.3 Å². The number of hydrogen-bond acceptors (Lipinski definition) is 8. The predicted octanol–water partition coefficient (Wildman–Crippen LogP) is 5.37. The Morgan fingerprint density at radius 1 is 1.20 bits per heavy atom. The van der Waals surface area contributed by atoms with Crippen LogP contribution in [0.1, 0.15) is 18.7 Å². The van der Waals surface area contributed by atoms with Gasteiger partial charge in [-0.05, 0) is 36.5 Å². The summed E-state index contributed by atoms with van der Waals surface area (Å²) in [6, 6.07) is 16.2. The van der Waals surface area contributed by atoms with Crippen LogP contribution in [0.4, 0.5) is 10.8 Å². The van der Waals surface area contributed by atoms with Crippen molar-refractivity contribution >= 4 is 62.2 Å². The number of sulfonamides is 1. The molecule has 0 atom stereocenters. The number of benzene rings is 2. The second-order valence-electron chi connectivity index (χ2n) is 7.19. The summed E-state index contributed by atoms with van der Waals surface area (Å²) in [5.41, 5.74) is 1.44. The van der Waals surface area contributed by atoms with Gasteiger partial charge in [-0.3, -0.25) is 0 Å². The van der Waals surface area contributed by atoms with Crippen molar-refractivity contribution in [2.75, 3.05) is 18.4 Å². The fraction of sp³-hybridized carbons (Fsp3) is 0.182. The quantitative estimate of drug-likeness (QED) is 0.215. The molecule has 0 amide bonds. The highest BCUT2D eigenvalue weighted by Crippen LogP contribution is 2.28. The molecule has 2 heterocycles. The second kappa shape index (κ2) is 10.8. The zero-order chi connectivity index (χ0) is 25.0. The Kier molecular flexibility index (Phi) is 7.77. The summed E-state index contributed by atoms with van der Waals surface area (Å²) < 4.78 is 29.0. The number of thiazole rings is 1. The fourth-order valence-electron chi connectivity index (χ4n) is 3.30. The third-order valence-corrected chi connectivity index (χ3v) is 8.63. The van der Waals surface area contributed by atoms with Crippen molar-refractivity contribution in [2.24, 2.45) is 5.10 Å². The largest absolute Gasteiger partial charge is 0.331 e. The molecular formula is C22H22ClN7O2S3. The van der Waals surface area contributed by atoms with Crippen LogP contribution in [0.2, 0.25) is 5.15 Å². The van der Waals surface area contributed by atoms with Gasteiger partial charge in [-0.1, -0.05) is 67.1 Å². The highest BCUT2D eigenvalue weighted by atomic mass is 35.5. The minimum atomic E-state index is -3.63. The number of aromatic amines is 1. The van der Waals surface area contributed by atoms with Gasteiger partial charge in [-0.25, -0.2) is 18.5 Å². The molecule has 13 heteroatoms. The van der Waals surface area contributed by atoms with E-state index in [2.05, 4.69) is 25.6 Å². The fourth-order valence-corrected chi connectivity index (χ4v) is 6.02. The summed E-state index contributed by atoms with van der Waals surface area (Å²) >= 11 is 13.0. The topological polar surface area (TPSA) is 108 Å². The molecule has 0 aliphatic rings. The molecule has 2 N–H and O–H groups in total. The standard InChI is InChI=1S/C22H22ClN7O2S3/c1-3-29(4-2)35(31,32)17-12-8-9-15(13-17)20-27-28-22(33)30(20)24-14-18-19(23)26-21(34-18)25-16-10-6-5-7-11-16/h5-14H,3-4H2,1-2H3,(H,25,26)(H,28,33). The Balaban J connectivity index is 1.64. The minimum absolute atomic E-state index is 0.172.